The Morgan fingerprint density at radius 1 is 0.792 bits per heavy atom. The van der Waals surface area contributed by atoms with E-state index in [0.717, 1.165) is 30.6 Å². The van der Waals surface area contributed by atoms with E-state index in [1.807, 2.05) is 0 Å². The van der Waals surface area contributed by atoms with Gasteiger partial charge in [0.1, 0.15) is 6.61 Å². The quantitative estimate of drug-likeness (QED) is 0.180. The molecule has 0 fully saturated rings. The Morgan fingerprint density at radius 2 is 1.25 bits per heavy atom. The van der Waals surface area contributed by atoms with Crippen LogP contribution in [0.5, 0.6) is 0 Å². The second-order valence-electron chi connectivity index (χ2n) is 6.25. The minimum Gasteiger partial charge on any atom is -0.463 e. The first-order valence-corrected chi connectivity index (χ1v) is 9.22. The molecule has 0 spiro atoms. The highest BCUT2D eigenvalue weighted by atomic mass is 16.5. The van der Waals surface area contributed by atoms with Crippen molar-refractivity contribution in [2.45, 2.75) is 78.1 Å². The molecule has 138 valence electrons. The average molecular weight is 338 g/mol. The number of unbranched alkanes of at least 4 members (excludes halogenated alkanes) is 9. The number of hydrogen-bond donors (Lipinski definition) is 0. The Bertz CT molecular complexity index is 385. The Labute approximate surface area is 147 Å². The van der Waals surface area contributed by atoms with Crippen molar-refractivity contribution < 1.29 is 19.1 Å². The fourth-order valence-electron chi connectivity index (χ4n) is 2.19. The topological polar surface area (TPSA) is 52.6 Å². The van der Waals surface area contributed by atoms with Crippen molar-refractivity contribution >= 4 is 11.9 Å². The molecule has 0 saturated carbocycles. The van der Waals surface area contributed by atoms with Crippen molar-refractivity contribution in [2.24, 2.45) is 0 Å². The molecule has 0 aliphatic rings. The van der Waals surface area contributed by atoms with Gasteiger partial charge in [0.25, 0.3) is 0 Å². The summed E-state index contributed by atoms with van der Waals surface area (Å²) in [6.07, 6.45) is 14.6. The lowest BCUT2D eigenvalue weighted by atomic mass is 10.1. The zero-order valence-electron chi connectivity index (χ0n) is 15.5. The third kappa shape index (κ3) is 16.8. The summed E-state index contributed by atoms with van der Waals surface area (Å²) in [5.74, 6) is -1.06. The Kier molecular flexibility index (Phi) is 15.2. The van der Waals surface area contributed by atoms with E-state index in [1.54, 1.807) is 6.92 Å². The summed E-state index contributed by atoms with van der Waals surface area (Å²) < 4.78 is 9.87. The van der Waals surface area contributed by atoms with Crippen LogP contribution in [-0.2, 0) is 19.1 Å². The molecule has 24 heavy (non-hydrogen) atoms. The highest BCUT2D eigenvalue weighted by Crippen LogP contribution is 2.10. The molecule has 0 unspecified atom stereocenters. The minimum atomic E-state index is -0.561. The van der Waals surface area contributed by atoms with E-state index in [2.05, 4.69) is 13.5 Å². The molecule has 0 rings (SSSR count). The summed E-state index contributed by atoms with van der Waals surface area (Å²) in [5, 5.41) is 0. The van der Waals surface area contributed by atoms with Gasteiger partial charge >= 0.3 is 11.9 Å². The molecule has 0 aromatic heterocycles. The van der Waals surface area contributed by atoms with Gasteiger partial charge < -0.3 is 9.47 Å². The second-order valence-corrected chi connectivity index (χ2v) is 6.25. The number of carbonyl (C=O) groups excluding carboxylic acids is 2. The van der Waals surface area contributed by atoms with Gasteiger partial charge in [-0.05, 0) is 18.9 Å². The summed E-state index contributed by atoms with van der Waals surface area (Å²) in [6, 6.07) is 0. The molecule has 0 aromatic rings. The van der Waals surface area contributed by atoms with Gasteiger partial charge in [-0.2, -0.15) is 0 Å². The minimum absolute atomic E-state index is 0.164. The molecule has 4 heteroatoms. The lowest BCUT2D eigenvalue weighted by Gasteiger charge is -2.03. The van der Waals surface area contributed by atoms with E-state index in [4.69, 9.17) is 9.47 Å². The fourth-order valence-corrected chi connectivity index (χ4v) is 2.19. The van der Waals surface area contributed by atoms with Gasteiger partial charge in [-0.1, -0.05) is 71.3 Å². The first kappa shape index (κ1) is 22.4. The van der Waals surface area contributed by atoms with Crippen LogP contribution in [-0.4, -0.2) is 25.2 Å². The van der Waals surface area contributed by atoms with Crippen molar-refractivity contribution in [3.63, 3.8) is 0 Å². The molecule has 0 aromatic carbocycles. The van der Waals surface area contributed by atoms with Crippen molar-refractivity contribution in [3.05, 3.63) is 24.3 Å². The van der Waals surface area contributed by atoms with E-state index in [1.165, 1.54) is 51.4 Å². The van der Waals surface area contributed by atoms with Crippen LogP contribution in [0.1, 0.15) is 78.1 Å². The van der Waals surface area contributed by atoms with Crippen LogP contribution in [0.3, 0.4) is 0 Å². The fraction of sp³-hybridized carbons (Fsp3) is 0.700. The molecule has 0 aliphatic heterocycles. The Hall–Kier alpha value is -1.58. The van der Waals surface area contributed by atoms with Crippen LogP contribution < -0.4 is 0 Å². The monoisotopic (exact) mass is 338 g/mol. The van der Waals surface area contributed by atoms with Crippen molar-refractivity contribution in [1.29, 1.82) is 0 Å². The zero-order valence-corrected chi connectivity index (χ0v) is 15.5. The standard InChI is InChI=1S/C20H34O4/c1-4-5-6-7-8-9-10-11-12-13-16-23-19(21)14-15-20(22)24-17-18(2)3/h14-15H,2,4-13,16-17H2,1,3H3/b15-14-. The summed E-state index contributed by atoms with van der Waals surface area (Å²) in [7, 11) is 0. The third-order valence-corrected chi connectivity index (χ3v) is 3.56. The SMILES string of the molecule is C=C(C)COC(=O)/C=C\C(=O)OCCCCCCCCCCCC. The number of rotatable bonds is 15. The summed E-state index contributed by atoms with van der Waals surface area (Å²) >= 11 is 0. The van der Waals surface area contributed by atoms with Crippen molar-refractivity contribution in [2.75, 3.05) is 13.2 Å². The van der Waals surface area contributed by atoms with Gasteiger partial charge in [0.2, 0.25) is 0 Å². The van der Waals surface area contributed by atoms with Gasteiger partial charge in [-0.3, -0.25) is 0 Å². The highest BCUT2D eigenvalue weighted by molar-refractivity contribution is 5.91. The molecule has 0 N–H and O–H groups in total. The van der Waals surface area contributed by atoms with E-state index in [9.17, 15) is 9.59 Å². The number of carbonyl (C=O) groups is 2. The average Bonchev–Trinajstić information content (AvgIpc) is 2.56. The van der Waals surface area contributed by atoms with Crippen LogP contribution in [0.15, 0.2) is 24.3 Å². The molecule has 4 nitrogen and oxygen atoms in total. The highest BCUT2D eigenvalue weighted by Gasteiger charge is 2.01. The van der Waals surface area contributed by atoms with Crippen molar-refractivity contribution in [1.82, 2.24) is 0 Å². The van der Waals surface area contributed by atoms with Gasteiger partial charge in [-0.15, -0.1) is 0 Å². The number of ether oxygens (including phenoxy) is 2. The van der Waals surface area contributed by atoms with Gasteiger partial charge in [0.15, 0.2) is 0 Å². The lowest BCUT2D eigenvalue weighted by Crippen LogP contribution is -2.06. The first-order valence-electron chi connectivity index (χ1n) is 9.22. The molecular weight excluding hydrogens is 304 g/mol. The maximum atomic E-state index is 11.4. The predicted molar refractivity (Wildman–Crippen MR) is 97.7 cm³/mol. The van der Waals surface area contributed by atoms with E-state index >= 15 is 0 Å². The van der Waals surface area contributed by atoms with Gasteiger partial charge in [0, 0.05) is 12.2 Å². The Morgan fingerprint density at radius 3 is 1.75 bits per heavy atom. The summed E-state index contributed by atoms with van der Waals surface area (Å²) in [4.78, 5) is 22.7. The smallest absolute Gasteiger partial charge is 0.331 e. The Balaban J connectivity index is 3.42. The molecule has 0 amide bonds. The normalized spacial score (nSPS) is 10.8. The third-order valence-electron chi connectivity index (χ3n) is 3.56. The van der Waals surface area contributed by atoms with Crippen LogP contribution >= 0.6 is 0 Å². The van der Waals surface area contributed by atoms with Crippen LogP contribution in [0, 0.1) is 0 Å². The van der Waals surface area contributed by atoms with E-state index in [0.29, 0.717) is 6.61 Å². The maximum Gasteiger partial charge on any atom is 0.331 e. The van der Waals surface area contributed by atoms with Crippen LogP contribution in [0.2, 0.25) is 0 Å². The molecular formula is C20H34O4. The molecule has 0 aliphatic carbocycles. The van der Waals surface area contributed by atoms with Gasteiger partial charge in [-0.25, -0.2) is 9.59 Å². The van der Waals surface area contributed by atoms with E-state index in [-0.39, 0.29) is 6.61 Å². The number of esters is 2. The van der Waals surface area contributed by atoms with Gasteiger partial charge in [0.05, 0.1) is 6.61 Å². The second kappa shape index (κ2) is 16.3. The maximum absolute atomic E-state index is 11.4. The molecule has 0 bridgehead atoms. The summed E-state index contributed by atoms with van der Waals surface area (Å²) in [6.45, 7) is 8.18. The van der Waals surface area contributed by atoms with Crippen LogP contribution in [0.25, 0.3) is 0 Å². The molecule has 0 saturated heterocycles. The lowest BCUT2D eigenvalue weighted by molar-refractivity contribution is -0.140. The molecule has 0 atom stereocenters. The van der Waals surface area contributed by atoms with Crippen molar-refractivity contribution in [3.8, 4) is 0 Å². The zero-order chi connectivity index (χ0) is 18.0. The van der Waals surface area contributed by atoms with E-state index < -0.39 is 11.9 Å². The summed E-state index contributed by atoms with van der Waals surface area (Å²) in [5.41, 5.74) is 0.750. The predicted octanol–water partition coefficient (Wildman–Crippen LogP) is 5.13. The molecule has 0 radical (unpaired) electrons. The molecule has 0 heterocycles. The number of hydrogen-bond acceptors (Lipinski definition) is 4. The largest absolute Gasteiger partial charge is 0.463 e. The first-order chi connectivity index (χ1) is 11.6. The van der Waals surface area contributed by atoms with Crippen LogP contribution in [0.4, 0.5) is 0 Å².